The molecule has 3 amide bonds. The summed E-state index contributed by atoms with van der Waals surface area (Å²) in [5.74, 6) is 1.18. The number of hydrogen-bond donors (Lipinski definition) is 1. The molecule has 1 saturated carbocycles. The molecule has 4 atom stereocenters. The molecule has 3 aliphatic heterocycles. The number of aromatic hydroxyl groups is 1. The average Bonchev–Trinajstić information content (AvgIpc) is 3.55. The Morgan fingerprint density at radius 3 is 2.37 bits per heavy atom. The Kier molecular flexibility index (Phi) is 12.1. The molecular formula is C49H61N5O6. The Bertz CT molecular complexity index is 2230. The lowest BCUT2D eigenvalue weighted by atomic mass is 9.75. The van der Waals surface area contributed by atoms with E-state index in [2.05, 4.69) is 54.8 Å². The molecule has 11 nitrogen and oxygen atoms in total. The molecule has 4 heterocycles. The minimum Gasteiger partial charge on any atom is -0.508 e. The van der Waals surface area contributed by atoms with E-state index >= 15 is 4.79 Å². The second kappa shape index (κ2) is 17.5. The van der Waals surface area contributed by atoms with Crippen molar-refractivity contribution in [2.45, 2.75) is 85.0 Å². The third-order valence-corrected chi connectivity index (χ3v) is 13.8. The summed E-state index contributed by atoms with van der Waals surface area (Å²) in [5.41, 5.74) is 8.51. The zero-order chi connectivity index (χ0) is 42.2. The minimum atomic E-state index is -0.278. The third kappa shape index (κ3) is 8.43. The lowest BCUT2D eigenvalue weighted by Crippen LogP contribution is -2.52. The number of hydrogen-bond acceptors (Lipinski definition) is 7. The van der Waals surface area contributed by atoms with Crippen LogP contribution in [0.5, 0.6) is 5.75 Å². The number of benzene rings is 3. The number of fused-ring (bicyclic) bond motifs is 2. The molecule has 0 radical (unpaired) electrons. The highest BCUT2D eigenvalue weighted by Crippen LogP contribution is 2.38. The molecule has 1 saturated heterocycles. The van der Waals surface area contributed by atoms with Gasteiger partial charge in [0.2, 0.25) is 0 Å². The topological polar surface area (TPSA) is 108 Å². The van der Waals surface area contributed by atoms with Gasteiger partial charge >= 0.3 is 6.09 Å². The maximum Gasteiger partial charge on any atom is 0.410 e. The molecule has 4 aliphatic rings. The third-order valence-electron chi connectivity index (χ3n) is 13.8. The largest absolute Gasteiger partial charge is 0.508 e. The maximum atomic E-state index is 15.5. The van der Waals surface area contributed by atoms with Gasteiger partial charge in [0.05, 0.1) is 18.8 Å². The number of morpholine rings is 1. The molecule has 11 heteroatoms. The van der Waals surface area contributed by atoms with Crippen molar-refractivity contribution in [3.63, 3.8) is 0 Å². The second-order valence-corrected chi connectivity index (χ2v) is 18.0. The summed E-state index contributed by atoms with van der Waals surface area (Å²) in [6.07, 6.45) is 4.11. The highest BCUT2D eigenvalue weighted by Gasteiger charge is 2.37. The summed E-state index contributed by atoms with van der Waals surface area (Å²) in [6.45, 7) is 13.7. The number of ether oxygens (including phenoxy) is 2. The van der Waals surface area contributed by atoms with E-state index in [1.807, 2.05) is 41.6 Å². The fourth-order valence-electron chi connectivity index (χ4n) is 9.98. The number of carbonyl (C=O) groups is 3. The van der Waals surface area contributed by atoms with Gasteiger partial charge in [-0.3, -0.25) is 14.5 Å². The summed E-state index contributed by atoms with van der Waals surface area (Å²) in [4.78, 5) is 51.4. The first-order valence-electron chi connectivity index (χ1n) is 21.9. The van der Waals surface area contributed by atoms with Crippen molar-refractivity contribution in [2.24, 2.45) is 24.8 Å². The number of nitrogens with zero attached hydrogens (tertiary/aromatic N) is 5. The van der Waals surface area contributed by atoms with Crippen molar-refractivity contribution in [1.29, 1.82) is 0 Å². The van der Waals surface area contributed by atoms with Crippen molar-refractivity contribution >= 4 is 23.6 Å². The average molecular weight is 816 g/mol. The van der Waals surface area contributed by atoms with E-state index in [0.29, 0.717) is 73.8 Å². The molecule has 3 aromatic carbocycles. The number of rotatable bonds is 8. The van der Waals surface area contributed by atoms with Gasteiger partial charge in [0.1, 0.15) is 11.9 Å². The Morgan fingerprint density at radius 2 is 1.63 bits per heavy atom. The quantitative estimate of drug-likeness (QED) is 0.193. The van der Waals surface area contributed by atoms with Gasteiger partial charge in [-0.25, -0.2) is 4.79 Å². The van der Waals surface area contributed by atoms with Crippen LogP contribution in [0.15, 0.2) is 66.7 Å². The van der Waals surface area contributed by atoms with Crippen molar-refractivity contribution in [2.75, 3.05) is 51.3 Å². The lowest BCUT2D eigenvalue weighted by molar-refractivity contribution is -0.0118. The Labute approximate surface area is 354 Å². The number of phenolic OH excluding ortho intramolecular Hbond substituents is 1. The van der Waals surface area contributed by atoms with Gasteiger partial charge in [-0.1, -0.05) is 51.5 Å². The van der Waals surface area contributed by atoms with Crippen LogP contribution in [0.4, 0.5) is 10.5 Å². The molecule has 318 valence electrons. The van der Waals surface area contributed by atoms with Crippen LogP contribution in [-0.4, -0.2) is 101 Å². The predicted octanol–water partition coefficient (Wildman–Crippen LogP) is 7.84. The van der Waals surface area contributed by atoms with Crippen LogP contribution in [0, 0.1) is 24.7 Å². The Balaban J connectivity index is 1.17. The molecule has 3 unspecified atom stereocenters. The number of amides is 3. The smallest absolute Gasteiger partial charge is 0.410 e. The van der Waals surface area contributed by atoms with Crippen molar-refractivity contribution in [1.82, 2.24) is 19.3 Å². The highest BCUT2D eigenvalue weighted by molar-refractivity contribution is 6.08. The van der Waals surface area contributed by atoms with E-state index in [1.165, 1.54) is 5.56 Å². The van der Waals surface area contributed by atoms with Crippen LogP contribution < -0.4 is 4.90 Å². The van der Waals surface area contributed by atoms with Crippen LogP contribution in [0.2, 0.25) is 0 Å². The highest BCUT2D eigenvalue weighted by atomic mass is 16.6. The summed E-state index contributed by atoms with van der Waals surface area (Å²) >= 11 is 0. The van der Waals surface area contributed by atoms with Gasteiger partial charge in [0, 0.05) is 87.6 Å². The van der Waals surface area contributed by atoms with Crippen LogP contribution in [-0.2, 0) is 42.5 Å². The van der Waals surface area contributed by atoms with Crippen molar-refractivity contribution in [3.8, 4) is 17.0 Å². The molecule has 8 rings (SSSR count). The molecule has 60 heavy (non-hydrogen) atoms. The monoisotopic (exact) mass is 815 g/mol. The zero-order valence-corrected chi connectivity index (χ0v) is 36.2. The van der Waals surface area contributed by atoms with E-state index < -0.39 is 0 Å². The predicted molar refractivity (Wildman–Crippen MR) is 233 cm³/mol. The fraction of sp³-hybridized carbons (Fsp3) is 0.490. The molecule has 4 aromatic rings. The van der Waals surface area contributed by atoms with Gasteiger partial charge in [0.25, 0.3) is 11.8 Å². The van der Waals surface area contributed by atoms with Crippen molar-refractivity contribution in [3.05, 3.63) is 106 Å². The van der Waals surface area contributed by atoms with E-state index in [1.54, 1.807) is 36.2 Å². The SMILES string of the molecule is Cc1c(C(=O)N(C)c2ccc(O)cc2)cc(-c2cc3c(cc2C(=O)N2Cc4ccccc4C[C@H]2CN2CCOCC2)CN(C(=O)OC2CC(C)CCC2C(C)C)CC3)n1C. The van der Waals surface area contributed by atoms with Crippen molar-refractivity contribution < 1.29 is 29.0 Å². The van der Waals surface area contributed by atoms with E-state index in [0.717, 1.165) is 79.0 Å². The number of phenols is 1. The number of carbonyl (C=O) groups excluding carboxylic acids is 3. The first-order chi connectivity index (χ1) is 28.9. The lowest BCUT2D eigenvalue weighted by Gasteiger charge is -2.41. The minimum absolute atomic E-state index is 0.0566. The second-order valence-electron chi connectivity index (χ2n) is 18.0. The van der Waals surface area contributed by atoms with Gasteiger partial charge < -0.3 is 33.8 Å². The number of anilines is 1. The van der Waals surface area contributed by atoms with Crippen LogP contribution >= 0.6 is 0 Å². The van der Waals surface area contributed by atoms with E-state index in [4.69, 9.17) is 9.47 Å². The number of aromatic nitrogens is 1. The normalized spacial score (nSPS) is 22.0. The zero-order valence-electron chi connectivity index (χ0n) is 36.2. The van der Waals surface area contributed by atoms with Crippen LogP contribution in [0.25, 0.3) is 11.3 Å². The molecule has 0 spiro atoms. The molecule has 2 fully saturated rings. The summed E-state index contributed by atoms with van der Waals surface area (Å²) in [7, 11) is 3.68. The summed E-state index contributed by atoms with van der Waals surface area (Å²) in [5, 5.41) is 9.87. The summed E-state index contributed by atoms with van der Waals surface area (Å²) in [6, 6.07) is 21.0. The maximum absolute atomic E-state index is 15.5. The molecule has 1 N–H and O–H groups in total. The Morgan fingerprint density at radius 1 is 0.900 bits per heavy atom. The molecule has 0 bridgehead atoms. The summed E-state index contributed by atoms with van der Waals surface area (Å²) < 4.78 is 14.0. The first kappa shape index (κ1) is 41.6. The van der Waals surface area contributed by atoms with Gasteiger partial charge in [-0.15, -0.1) is 0 Å². The van der Waals surface area contributed by atoms with Crippen LogP contribution in [0.1, 0.15) is 88.7 Å². The van der Waals surface area contributed by atoms with E-state index in [-0.39, 0.29) is 35.8 Å². The Hall–Kier alpha value is -5.13. The van der Waals surface area contributed by atoms with Crippen LogP contribution in [0.3, 0.4) is 0 Å². The first-order valence-corrected chi connectivity index (χ1v) is 21.9. The molecule has 1 aliphatic carbocycles. The standard InChI is InChI=1S/C49H61N5O6/c1-31(2)41-16-11-32(3)23-46(41)60-49(58)53-18-17-35-25-43(45-27-42(33(4)50(45)5)47(56)51(6)38-12-14-40(55)15-13-38)44(26-37(35)28-53)48(57)54-29-36-10-8-7-9-34(36)24-39(54)30-52-19-21-59-22-20-52/h7-10,12-15,25-27,31-32,39,41,46,55H,11,16-24,28-30H2,1-6H3/t32?,39-,41?,46?/m0/s1. The van der Waals surface area contributed by atoms with Gasteiger partial charge in [-0.05, 0) is 115 Å². The van der Waals surface area contributed by atoms with Gasteiger partial charge in [-0.2, -0.15) is 0 Å². The fourth-order valence-corrected chi connectivity index (χ4v) is 9.98. The molecular weight excluding hydrogens is 755 g/mol. The molecule has 1 aromatic heterocycles. The van der Waals surface area contributed by atoms with Gasteiger partial charge in [0.15, 0.2) is 0 Å². The van der Waals surface area contributed by atoms with E-state index in [9.17, 15) is 14.7 Å².